The summed E-state index contributed by atoms with van der Waals surface area (Å²) in [5.41, 5.74) is 1.76. The van der Waals surface area contributed by atoms with Gasteiger partial charge in [-0.25, -0.2) is 4.98 Å². The number of fused-ring (bicyclic) bond motifs is 2. The quantitative estimate of drug-likeness (QED) is 0.414. The molecule has 1 saturated heterocycles. The van der Waals surface area contributed by atoms with Crippen molar-refractivity contribution in [2.75, 3.05) is 19.8 Å². The molecule has 0 spiro atoms. The number of likely N-dealkylation sites (tertiary alicyclic amines) is 1. The van der Waals surface area contributed by atoms with Crippen LogP contribution in [0.2, 0.25) is 0 Å². The van der Waals surface area contributed by atoms with Crippen LogP contribution in [0.3, 0.4) is 0 Å². The van der Waals surface area contributed by atoms with Gasteiger partial charge in [0.05, 0.1) is 17.8 Å². The minimum Gasteiger partial charge on any atom is -0.486 e. The van der Waals surface area contributed by atoms with Gasteiger partial charge in [-0.15, -0.1) is 22.7 Å². The van der Waals surface area contributed by atoms with E-state index in [4.69, 9.17) is 9.47 Å². The van der Waals surface area contributed by atoms with Crippen molar-refractivity contribution in [3.05, 3.63) is 62.8 Å². The van der Waals surface area contributed by atoms with Crippen LogP contribution in [0.15, 0.2) is 46.8 Å². The molecule has 1 aromatic carbocycles. The van der Waals surface area contributed by atoms with Crippen LogP contribution < -0.4 is 15.0 Å². The van der Waals surface area contributed by atoms with Crippen LogP contribution in [0.25, 0.3) is 20.7 Å². The lowest BCUT2D eigenvalue weighted by molar-refractivity contribution is -0.132. The molecule has 0 saturated carbocycles. The molecule has 7 nitrogen and oxygen atoms in total. The van der Waals surface area contributed by atoms with E-state index in [1.165, 1.54) is 27.1 Å². The van der Waals surface area contributed by atoms with Gasteiger partial charge in [0.2, 0.25) is 5.91 Å². The first kappa shape index (κ1) is 21.4. The molecule has 0 radical (unpaired) electrons. The van der Waals surface area contributed by atoms with E-state index in [0.29, 0.717) is 30.0 Å². The fraction of sp³-hybridized carbons (Fsp3) is 0.320. The van der Waals surface area contributed by atoms with Crippen molar-refractivity contribution in [1.29, 1.82) is 0 Å². The fourth-order valence-electron chi connectivity index (χ4n) is 4.76. The zero-order valence-corrected chi connectivity index (χ0v) is 20.3. The molecule has 0 bridgehead atoms. The molecule has 2 aliphatic heterocycles. The lowest BCUT2D eigenvalue weighted by Gasteiger charge is -2.27. The van der Waals surface area contributed by atoms with E-state index in [1.807, 2.05) is 47.5 Å². The molecule has 174 valence electrons. The van der Waals surface area contributed by atoms with Gasteiger partial charge in [-0.05, 0) is 49.6 Å². The highest BCUT2D eigenvalue weighted by Gasteiger charge is 2.31. The van der Waals surface area contributed by atoms with Gasteiger partial charge in [0.1, 0.15) is 24.6 Å². The molecule has 2 aliphatic rings. The van der Waals surface area contributed by atoms with Crippen LogP contribution in [-0.2, 0) is 11.3 Å². The van der Waals surface area contributed by atoms with Gasteiger partial charge in [-0.1, -0.05) is 6.07 Å². The third-order valence-corrected chi connectivity index (χ3v) is 8.32. The predicted octanol–water partition coefficient (Wildman–Crippen LogP) is 4.63. The maximum Gasteiger partial charge on any atom is 0.263 e. The van der Waals surface area contributed by atoms with Crippen molar-refractivity contribution in [3.63, 3.8) is 0 Å². The maximum atomic E-state index is 13.4. The Morgan fingerprint density at radius 2 is 2.03 bits per heavy atom. The van der Waals surface area contributed by atoms with Crippen LogP contribution >= 0.6 is 22.7 Å². The Balaban J connectivity index is 1.28. The number of hydrogen-bond acceptors (Lipinski definition) is 7. The molecular formula is C25H23N3O4S2. The topological polar surface area (TPSA) is 73.7 Å². The van der Waals surface area contributed by atoms with Crippen molar-refractivity contribution in [2.24, 2.45) is 0 Å². The summed E-state index contributed by atoms with van der Waals surface area (Å²) in [5.74, 6) is 1.39. The summed E-state index contributed by atoms with van der Waals surface area (Å²) < 4.78 is 12.8. The largest absolute Gasteiger partial charge is 0.486 e. The molecule has 1 atom stereocenters. The normalized spacial score (nSPS) is 17.4. The van der Waals surface area contributed by atoms with Gasteiger partial charge in [0.15, 0.2) is 11.5 Å². The Labute approximate surface area is 204 Å². The van der Waals surface area contributed by atoms with Gasteiger partial charge in [0.25, 0.3) is 5.56 Å². The standard InChI is InChI=1S/C25H23N3O4S2/c1-15-4-7-21(34-15)17-13-33-24-23(17)25(30)27(14-26-24)12-22(29)28-8-2-3-18(28)16-5-6-19-20(11-16)32-10-9-31-19/h4-7,11,13-14,18H,2-3,8-10,12H2,1H3. The summed E-state index contributed by atoms with van der Waals surface area (Å²) in [6.07, 6.45) is 3.30. The Morgan fingerprint density at radius 3 is 2.85 bits per heavy atom. The second kappa shape index (κ2) is 8.56. The Kier molecular flexibility index (Phi) is 5.38. The zero-order valence-electron chi connectivity index (χ0n) is 18.7. The van der Waals surface area contributed by atoms with Gasteiger partial charge < -0.3 is 14.4 Å². The summed E-state index contributed by atoms with van der Waals surface area (Å²) in [7, 11) is 0. The molecule has 0 aliphatic carbocycles. The van der Waals surface area contributed by atoms with Crippen molar-refractivity contribution in [1.82, 2.24) is 14.5 Å². The molecule has 0 N–H and O–H groups in total. The molecule has 9 heteroatoms. The first-order valence-corrected chi connectivity index (χ1v) is 13.0. The van der Waals surface area contributed by atoms with E-state index in [0.717, 1.165) is 40.3 Å². The van der Waals surface area contributed by atoms with E-state index in [-0.39, 0.29) is 24.1 Å². The summed E-state index contributed by atoms with van der Waals surface area (Å²) in [6, 6.07) is 9.94. The summed E-state index contributed by atoms with van der Waals surface area (Å²) in [6.45, 7) is 3.76. The molecule has 4 aromatic rings. The number of rotatable bonds is 4. The van der Waals surface area contributed by atoms with E-state index in [9.17, 15) is 9.59 Å². The maximum absolute atomic E-state index is 13.4. The van der Waals surface area contributed by atoms with Crippen LogP contribution in [0.5, 0.6) is 11.5 Å². The second-order valence-corrected chi connectivity index (χ2v) is 10.7. The number of benzene rings is 1. The zero-order chi connectivity index (χ0) is 23.2. The van der Waals surface area contributed by atoms with Crippen molar-refractivity contribution >= 4 is 38.8 Å². The van der Waals surface area contributed by atoms with Crippen LogP contribution in [-0.4, -0.2) is 40.1 Å². The number of aryl methyl sites for hydroxylation is 1. The molecule has 3 aromatic heterocycles. The molecular weight excluding hydrogens is 470 g/mol. The lowest BCUT2D eigenvalue weighted by atomic mass is 10.0. The number of aromatic nitrogens is 2. The molecule has 6 rings (SSSR count). The smallest absolute Gasteiger partial charge is 0.263 e. The van der Waals surface area contributed by atoms with Gasteiger partial charge in [-0.2, -0.15) is 0 Å². The molecule has 1 fully saturated rings. The lowest BCUT2D eigenvalue weighted by Crippen LogP contribution is -2.36. The highest BCUT2D eigenvalue weighted by Crippen LogP contribution is 2.38. The molecule has 1 amide bonds. The average molecular weight is 494 g/mol. The number of amides is 1. The number of hydrogen-bond donors (Lipinski definition) is 0. The third-order valence-electron chi connectivity index (χ3n) is 6.40. The van der Waals surface area contributed by atoms with E-state index in [1.54, 1.807) is 11.3 Å². The minimum atomic E-state index is -0.171. The third kappa shape index (κ3) is 3.69. The molecule has 34 heavy (non-hydrogen) atoms. The number of carbonyl (C=O) groups excluding carboxylic acids is 1. The Hall–Kier alpha value is -3.17. The second-order valence-electron chi connectivity index (χ2n) is 8.57. The van der Waals surface area contributed by atoms with Crippen molar-refractivity contribution in [3.8, 4) is 21.9 Å². The monoisotopic (exact) mass is 493 g/mol. The number of nitrogens with zero attached hydrogens (tertiary/aromatic N) is 3. The van der Waals surface area contributed by atoms with E-state index in [2.05, 4.69) is 4.98 Å². The molecule has 1 unspecified atom stereocenters. The van der Waals surface area contributed by atoms with Crippen LogP contribution in [0.4, 0.5) is 0 Å². The van der Waals surface area contributed by atoms with E-state index < -0.39 is 0 Å². The van der Waals surface area contributed by atoms with E-state index >= 15 is 0 Å². The van der Waals surface area contributed by atoms with Gasteiger partial charge in [0, 0.05) is 27.2 Å². The highest BCUT2D eigenvalue weighted by molar-refractivity contribution is 7.19. The van der Waals surface area contributed by atoms with Crippen LogP contribution in [0, 0.1) is 6.92 Å². The Morgan fingerprint density at radius 1 is 1.18 bits per heavy atom. The SMILES string of the molecule is Cc1ccc(-c2csc3ncn(CC(=O)N4CCCC4c4ccc5c(c4)OCCO5)c(=O)c23)s1. The number of thiophene rings is 2. The Bertz CT molecular complexity index is 1450. The highest BCUT2D eigenvalue weighted by atomic mass is 32.1. The number of ether oxygens (including phenoxy) is 2. The number of carbonyl (C=O) groups is 1. The summed E-state index contributed by atoms with van der Waals surface area (Å²) in [4.78, 5) is 36.0. The van der Waals surface area contributed by atoms with Gasteiger partial charge in [-0.3, -0.25) is 14.2 Å². The first-order chi connectivity index (χ1) is 16.6. The average Bonchev–Trinajstić information content (AvgIpc) is 3.60. The van der Waals surface area contributed by atoms with Crippen molar-refractivity contribution < 1.29 is 14.3 Å². The van der Waals surface area contributed by atoms with Gasteiger partial charge >= 0.3 is 0 Å². The molecule has 5 heterocycles. The fourth-order valence-corrected chi connectivity index (χ4v) is 6.62. The van der Waals surface area contributed by atoms with Crippen molar-refractivity contribution in [2.45, 2.75) is 32.4 Å². The summed E-state index contributed by atoms with van der Waals surface area (Å²) >= 11 is 3.11. The minimum absolute atomic E-state index is 0.0262. The summed E-state index contributed by atoms with van der Waals surface area (Å²) in [5, 5.41) is 2.57. The predicted molar refractivity (Wildman–Crippen MR) is 133 cm³/mol. The van der Waals surface area contributed by atoms with Crippen LogP contribution in [0.1, 0.15) is 29.3 Å². The first-order valence-electron chi connectivity index (χ1n) is 11.3.